The fourth-order valence-corrected chi connectivity index (χ4v) is 2.32. The van der Waals surface area contributed by atoms with E-state index >= 15 is 0 Å². The van der Waals surface area contributed by atoms with Crippen LogP contribution in [-0.2, 0) is 0 Å². The molecule has 0 bridgehead atoms. The lowest BCUT2D eigenvalue weighted by molar-refractivity contribution is 0.206. The minimum absolute atomic E-state index is 0.516. The van der Waals surface area contributed by atoms with Crippen LogP contribution in [0.4, 0.5) is 0 Å². The van der Waals surface area contributed by atoms with Gasteiger partial charge in [-0.25, -0.2) is 0 Å². The molecule has 2 atom stereocenters. The van der Waals surface area contributed by atoms with E-state index in [2.05, 4.69) is 48.5 Å². The molecule has 2 unspecified atom stereocenters. The van der Waals surface area contributed by atoms with Crippen LogP contribution in [0.5, 0.6) is 0 Å². The molecule has 0 N–H and O–H groups in total. The lowest BCUT2D eigenvalue weighted by Crippen LogP contribution is -2.20. The van der Waals surface area contributed by atoms with Crippen molar-refractivity contribution in [2.75, 3.05) is 0 Å². The first-order valence-electron chi connectivity index (χ1n) is 8.29. The highest BCUT2D eigenvalue weighted by Crippen LogP contribution is 2.33. The van der Waals surface area contributed by atoms with E-state index in [1.165, 1.54) is 44.9 Å². The Hall–Kier alpha value is 0. The largest absolute Gasteiger partial charge is 0.0654 e. The molecule has 0 aliphatic heterocycles. The van der Waals surface area contributed by atoms with Crippen LogP contribution in [0.3, 0.4) is 0 Å². The Morgan fingerprint density at radius 3 is 1.72 bits per heavy atom. The van der Waals surface area contributed by atoms with Crippen molar-refractivity contribution >= 4 is 0 Å². The van der Waals surface area contributed by atoms with Gasteiger partial charge >= 0.3 is 0 Å². The fourth-order valence-electron chi connectivity index (χ4n) is 2.32. The van der Waals surface area contributed by atoms with Gasteiger partial charge in [0.1, 0.15) is 0 Å². The zero-order valence-corrected chi connectivity index (χ0v) is 14.2. The molecule has 0 aromatic heterocycles. The molecule has 0 spiro atoms. The summed E-state index contributed by atoms with van der Waals surface area (Å²) in [5.74, 6) is 2.64. The predicted octanol–water partition coefficient (Wildman–Crippen LogP) is 6.69. The Bertz CT molecular complexity index is 190. The molecular formula is C18H38. The van der Waals surface area contributed by atoms with Gasteiger partial charge in [-0.15, -0.1) is 0 Å². The fraction of sp³-hybridized carbons (Fsp3) is 1.00. The summed E-state index contributed by atoms with van der Waals surface area (Å²) in [4.78, 5) is 0. The second kappa shape index (κ2) is 8.99. The van der Waals surface area contributed by atoms with E-state index in [0.29, 0.717) is 5.41 Å². The standard InChI is InChI=1S/C18H38/c1-8-9-10-16(4)11-12-17(5)13-14-18(6,7)15(2)3/h15-17H,8-14H2,1-7H3. The van der Waals surface area contributed by atoms with Gasteiger partial charge in [0.15, 0.2) is 0 Å². The van der Waals surface area contributed by atoms with Crippen molar-refractivity contribution in [1.82, 2.24) is 0 Å². The summed E-state index contributed by atoms with van der Waals surface area (Å²) in [5.41, 5.74) is 0.516. The Labute approximate surface area is 117 Å². The summed E-state index contributed by atoms with van der Waals surface area (Å²) in [6, 6.07) is 0. The normalized spacial score (nSPS) is 16.0. The molecule has 0 saturated heterocycles. The molecular weight excluding hydrogens is 216 g/mol. The van der Waals surface area contributed by atoms with Crippen LogP contribution in [-0.4, -0.2) is 0 Å². The van der Waals surface area contributed by atoms with Crippen LogP contribution in [0.15, 0.2) is 0 Å². The minimum Gasteiger partial charge on any atom is -0.0654 e. The summed E-state index contributed by atoms with van der Waals surface area (Å²) in [6.07, 6.45) is 9.85. The zero-order chi connectivity index (χ0) is 14.2. The van der Waals surface area contributed by atoms with Gasteiger partial charge in [0.2, 0.25) is 0 Å². The summed E-state index contributed by atoms with van der Waals surface area (Å²) >= 11 is 0. The Balaban J connectivity index is 3.74. The van der Waals surface area contributed by atoms with E-state index < -0.39 is 0 Å². The van der Waals surface area contributed by atoms with Crippen molar-refractivity contribution < 1.29 is 0 Å². The highest BCUT2D eigenvalue weighted by atomic mass is 14.3. The molecule has 0 amide bonds. The van der Waals surface area contributed by atoms with Gasteiger partial charge < -0.3 is 0 Å². The van der Waals surface area contributed by atoms with Crippen LogP contribution in [0.25, 0.3) is 0 Å². The second-order valence-electron chi connectivity index (χ2n) is 7.61. The molecule has 0 saturated carbocycles. The average molecular weight is 255 g/mol. The molecule has 0 fully saturated rings. The van der Waals surface area contributed by atoms with Gasteiger partial charge in [0, 0.05) is 0 Å². The van der Waals surface area contributed by atoms with Crippen LogP contribution < -0.4 is 0 Å². The first kappa shape index (κ1) is 18.0. The van der Waals surface area contributed by atoms with Crippen molar-refractivity contribution in [2.45, 2.75) is 93.4 Å². The van der Waals surface area contributed by atoms with Gasteiger partial charge in [-0.05, 0) is 29.6 Å². The smallest absolute Gasteiger partial charge is 0.0331 e. The minimum atomic E-state index is 0.516. The molecule has 110 valence electrons. The summed E-state index contributed by atoms with van der Waals surface area (Å²) in [5, 5.41) is 0. The van der Waals surface area contributed by atoms with Gasteiger partial charge in [-0.1, -0.05) is 87.0 Å². The lowest BCUT2D eigenvalue weighted by Gasteiger charge is -2.30. The number of rotatable bonds is 10. The Morgan fingerprint density at radius 2 is 1.28 bits per heavy atom. The van der Waals surface area contributed by atoms with Crippen molar-refractivity contribution in [3.63, 3.8) is 0 Å². The maximum Gasteiger partial charge on any atom is -0.0331 e. The van der Waals surface area contributed by atoms with Crippen LogP contribution >= 0.6 is 0 Å². The van der Waals surface area contributed by atoms with E-state index in [-0.39, 0.29) is 0 Å². The second-order valence-corrected chi connectivity index (χ2v) is 7.61. The van der Waals surface area contributed by atoms with E-state index in [9.17, 15) is 0 Å². The molecule has 0 heteroatoms. The van der Waals surface area contributed by atoms with E-state index in [4.69, 9.17) is 0 Å². The van der Waals surface area contributed by atoms with Crippen molar-refractivity contribution in [3.05, 3.63) is 0 Å². The van der Waals surface area contributed by atoms with Crippen LogP contribution in [0.2, 0.25) is 0 Å². The number of hydrogen-bond acceptors (Lipinski definition) is 0. The molecule has 0 rings (SSSR count). The monoisotopic (exact) mass is 254 g/mol. The van der Waals surface area contributed by atoms with Gasteiger partial charge in [-0.2, -0.15) is 0 Å². The van der Waals surface area contributed by atoms with E-state index in [0.717, 1.165) is 17.8 Å². The van der Waals surface area contributed by atoms with Crippen LogP contribution in [0, 0.1) is 23.2 Å². The molecule has 0 heterocycles. The summed E-state index contributed by atoms with van der Waals surface area (Å²) in [7, 11) is 0. The lowest BCUT2D eigenvalue weighted by atomic mass is 9.75. The third-order valence-electron chi connectivity index (χ3n) is 5.05. The van der Waals surface area contributed by atoms with Gasteiger partial charge in [-0.3, -0.25) is 0 Å². The quantitative estimate of drug-likeness (QED) is 0.407. The first-order chi connectivity index (χ1) is 8.29. The zero-order valence-electron chi connectivity index (χ0n) is 14.2. The van der Waals surface area contributed by atoms with Crippen molar-refractivity contribution in [1.29, 1.82) is 0 Å². The first-order valence-corrected chi connectivity index (χ1v) is 8.29. The van der Waals surface area contributed by atoms with Crippen LogP contribution in [0.1, 0.15) is 93.4 Å². The predicted molar refractivity (Wildman–Crippen MR) is 84.9 cm³/mol. The molecule has 0 radical (unpaired) electrons. The highest BCUT2D eigenvalue weighted by Gasteiger charge is 2.22. The summed E-state index contributed by atoms with van der Waals surface area (Å²) in [6.45, 7) is 16.7. The maximum absolute atomic E-state index is 2.45. The highest BCUT2D eigenvalue weighted by molar-refractivity contribution is 4.73. The van der Waals surface area contributed by atoms with Crippen molar-refractivity contribution in [3.8, 4) is 0 Å². The average Bonchev–Trinajstić information content (AvgIpc) is 2.31. The topological polar surface area (TPSA) is 0 Å². The molecule has 0 aliphatic rings. The Kier molecular flexibility index (Phi) is 8.99. The molecule has 0 aliphatic carbocycles. The van der Waals surface area contributed by atoms with E-state index in [1.54, 1.807) is 0 Å². The van der Waals surface area contributed by atoms with E-state index in [1.807, 2.05) is 0 Å². The number of unbranched alkanes of at least 4 members (excludes halogenated alkanes) is 1. The van der Waals surface area contributed by atoms with Gasteiger partial charge in [0.05, 0.1) is 0 Å². The Morgan fingerprint density at radius 1 is 0.778 bits per heavy atom. The summed E-state index contributed by atoms with van der Waals surface area (Å²) < 4.78 is 0. The SMILES string of the molecule is CCCCC(C)CCC(C)CCC(C)(C)C(C)C. The third kappa shape index (κ3) is 8.16. The maximum atomic E-state index is 2.45. The molecule has 0 aromatic carbocycles. The number of hydrogen-bond donors (Lipinski definition) is 0. The molecule has 18 heavy (non-hydrogen) atoms. The van der Waals surface area contributed by atoms with Gasteiger partial charge in [0.25, 0.3) is 0 Å². The molecule has 0 aromatic rings. The molecule has 0 nitrogen and oxygen atoms in total. The van der Waals surface area contributed by atoms with Crippen molar-refractivity contribution in [2.24, 2.45) is 23.2 Å². The third-order valence-corrected chi connectivity index (χ3v) is 5.05.